The number of hydrogen-bond donors (Lipinski definition) is 2. The lowest BCUT2D eigenvalue weighted by molar-refractivity contribution is -0.170. The third-order valence-electron chi connectivity index (χ3n) is 6.04. The monoisotopic (exact) mass is 485 g/mol. The van der Waals surface area contributed by atoms with Crippen molar-refractivity contribution >= 4 is 27.8 Å². The van der Waals surface area contributed by atoms with Crippen LogP contribution >= 0.6 is 0 Å². The van der Waals surface area contributed by atoms with Gasteiger partial charge in [0.15, 0.2) is 0 Å². The van der Waals surface area contributed by atoms with Crippen molar-refractivity contribution in [3.8, 4) is 0 Å². The SMILES string of the molecule is Cc1nc(NCCc2cccc(C(F)(F)C(C)(C)O)c2F)c2cc3c(cc2n1)nc(C)c(=O)n3C. The predicted octanol–water partition coefficient (Wildman–Crippen LogP) is 4.15. The molecule has 0 unspecified atom stereocenters. The van der Waals surface area contributed by atoms with Crippen LogP contribution in [-0.2, 0) is 19.4 Å². The average Bonchev–Trinajstić information content (AvgIpc) is 2.76. The molecule has 2 aromatic carbocycles. The van der Waals surface area contributed by atoms with Crippen molar-refractivity contribution in [2.24, 2.45) is 7.05 Å². The minimum absolute atomic E-state index is 0.0848. The first kappa shape index (κ1) is 24.6. The molecular formula is C25H26F3N5O2. The maximum Gasteiger partial charge on any atom is 0.303 e. The van der Waals surface area contributed by atoms with Crippen LogP contribution in [0.25, 0.3) is 21.9 Å². The second-order valence-electron chi connectivity index (χ2n) is 9.13. The summed E-state index contributed by atoms with van der Waals surface area (Å²) < 4.78 is 45.6. The van der Waals surface area contributed by atoms with Crippen LogP contribution in [0.1, 0.15) is 36.5 Å². The molecule has 35 heavy (non-hydrogen) atoms. The van der Waals surface area contributed by atoms with Crippen LogP contribution in [0.3, 0.4) is 0 Å². The maximum atomic E-state index is 14.9. The standard InChI is InChI=1S/C25H26F3N5O2/c1-13-23(34)33(5)20-11-16-18(12-19(20)30-13)31-14(2)32-22(16)29-10-9-15-7-6-8-17(21(15)26)25(27,28)24(3,4)35/h6-8,11-12,35H,9-10H2,1-5H3,(H,29,31,32). The molecule has 10 heteroatoms. The lowest BCUT2D eigenvalue weighted by atomic mass is 9.91. The van der Waals surface area contributed by atoms with Gasteiger partial charge >= 0.3 is 5.92 Å². The summed E-state index contributed by atoms with van der Waals surface area (Å²) in [5, 5.41) is 13.6. The lowest BCUT2D eigenvalue weighted by Crippen LogP contribution is -2.41. The second-order valence-corrected chi connectivity index (χ2v) is 9.13. The number of hydrogen-bond acceptors (Lipinski definition) is 6. The zero-order valence-corrected chi connectivity index (χ0v) is 20.1. The highest BCUT2D eigenvalue weighted by Crippen LogP contribution is 2.40. The number of aliphatic hydroxyl groups is 1. The lowest BCUT2D eigenvalue weighted by Gasteiger charge is -2.29. The number of rotatable bonds is 6. The number of alkyl halides is 2. The molecule has 0 bridgehead atoms. The molecule has 0 fully saturated rings. The van der Waals surface area contributed by atoms with Gasteiger partial charge in [0.2, 0.25) is 0 Å². The Morgan fingerprint density at radius 3 is 2.49 bits per heavy atom. The zero-order chi connectivity index (χ0) is 25.7. The highest BCUT2D eigenvalue weighted by molar-refractivity contribution is 5.98. The van der Waals surface area contributed by atoms with Gasteiger partial charge in [0.25, 0.3) is 5.56 Å². The van der Waals surface area contributed by atoms with Crippen LogP contribution in [0.15, 0.2) is 35.1 Å². The molecular weight excluding hydrogens is 459 g/mol. The van der Waals surface area contributed by atoms with E-state index in [1.807, 2.05) is 0 Å². The van der Waals surface area contributed by atoms with Gasteiger partial charge in [-0.1, -0.05) is 12.1 Å². The minimum atomic E-state index is -3.76. The minimum Gasteiger partial charge on any atom is -0.384 e. The first-order valence-corrected chi connectivity index (χ1v) is 11.1. The highest BCUT2D eigenvalue weighted by Gasteiger charge is 2.48. The Kier molecular flexibility index (Phi) is 6.04. The number of benzene rings is 2. The van der Waals surface area contributed by atoms with Gasteiger partial charge in [-0.05, 0) is 57.9 Å². The topological polar surface area (TPSA) is 92.9 Å². The molecule has 4 aromatic rings. The maximum absolute atomic E-state index is 14.9. The normalized spacial score (nSPS) is 12.5. The molecule has 2 heterocycles. The van der Waals surface area contributed by atoms with E-state index >= 15 is 0 Å². The highest BCUT2D eigenvalue weighted by atomic mass is 19.3. The van der Waals surface area contributed by atoms with Gasteiger partial charge in [-0.2, -0.15) is 8.78 Å². The molecule has 2 aromatic heterocycles. The van der Waals surface area contributed by atoms with Gasteiger partial charge < -0.3 is 15.0 Å². The van der Waals surface area contributed by atoms with Crippen molar-refractivity contribution in [3.05, 3.63) is 69.1 Å². The third-order valence-corrected chi connectivity index (χ3v) is 6.04. The summed E-state index contributed by atoms with van der Waals surface area (Å²) in [6.07, 6.45) is 0.0962. The van der Waals surface area contributed by atoms with Crippen LogP contribution in [0.4, 0.5) is 19.0 Å². The predicted molar refractivity (Wildman–Crippen MR) is 128 cm³/mol. The molecule has 184 valence electrons. The number of nitrogens with zero attached hydrogens (tertiary/aromatic N) is 4. The van der Waals surface area contributed by atoms with Gasteiger partial charge in [0.05, 0.1) is 22.1 Å². The van der Waals surface area contributed by atoms with E-state index in [9.17, 15) is 23.1 Å². The summed E-state index contributed by atoms with van der Waals surface area (Å²) in [5.41, 5.74) is -1.17. The number of nitrogens with one attached hydrogen (secondary N) is 1. The van der Waals surface area contributed by atoms with Crippen molar-refractivity contribution < 1.29 is 18.3 Å². The molecule has 0 saturated heterocycles. The molecule has 7 nitrogen and oxygen atoms in total. The Balaban J connectivity index is 1.66. The van der Waals surface area contributed by atoms with E-state index in [-0.39, 0.29) is 24.1 Å². The average molecular weight is 486 g/mol. The van der Waals surface area contributed by atoms with Crippen LogP contribution in [0.2, 0.25) is 0 Å². The number of halogens is 3. The number of aromatic nitrogens is 4. The Bertz CT molecular complexity index is 1510. The first-order valence-electron chi connectivity index (χ1n) is 11.1. The summed E-state index contributed by atoms with van der Waals surface area (Å²) in [7, 11) is 1.66. The molecule has 0 aliphatic rings. The molecule has 0 aliphatic carbocycles. The summed E-state index contributed by atoms with van der Waals surface area (Å²) >= 11 is 0. The third kappa shape index (κ3) is 4.34. The Morgan fingerprint density at radius 2 is 1.80 bits per heavy atom. The Hall–Kier alpha value is -3.53. The summed E-state index contributed by atoms with van der Waals surface area (Å²) in [5.74, 6) is -3.84. The smallest absolute Gasteiger partial charge is 0.303 e. The van der Waals surface area contributed by atoms with Crippen LogP contribution in [0.5, 0.6) is 0 Å². The molecule has 0 amide bonds. The summed E-state index contributed by atoms with van der Waals surface area (Å²) in [4.78, 5) is 25.6. The van der Waals surface area contributed by atoms with Crippen molar-refractivity contribution in [3.63, 3.8) is 0 Å². The van der Waals surface area contributed by atoms with E-state index in [2.05, 4.69) is 20.3 Å². The molecule has 0 atom stereocenters. The van der Waals surface area contributed by atoms with Crippen molar-refractivity contribution in [1.82, 2.24) is 19.5 Å². The Labute approximate surface area is 199 Å². The fourth-order valence-corrected chi connectivity index (χ4v) is 4.00. The molecule has 0 spiro atoms. The van der Waals surface area contributed by atoms with Crippen molar-refractivity contribution in [2.45, 2.75) is 45.6 Å². The molecule has 0 aliphatic heterocycles. The van der Waals surface area contributed by atoms with E-state index in [4.69, 9.17) is 0 Å². The summed E-state index contributed by atoms with van der Waals surface area (Å²) in [6, 6.07) is 7.31. The van der Waals surface area contributed by atoms with Crippen LogP contribution in [0, 0.1) is 19.7 Å². The van der Waals surface area contributed by atoms with E-state index in [1.54, 1.807) is 33.0 Å². The number of fused-ring (bicyclic) bond motifs is 2. The zero-order valence-electron chi connectivity index (χ0n) is 20.1. The largest absolute Gasteiger partial charge is 0.384 e. The van der Waals surface area contributed by atoms with Gasteiger partial charge in [0.1, 0.15) is 28.8 Å². The fraction of sp³-hybridized carbons (Fsp3) is 0.360. The van der Waals surface area contributed by atoms with Crippen LogP contribution in [-0.4, -0.2) is 36.8 Å². The van der Waals surface area contributed by atoms with E-state index < -0.39 is 22.9 Å². The molecule has 2 N–H and O–H groups in total. The van der Waals surface area contributed by atoms with E-state index in [1.165, 1.54) is 16.7 Å². The summed E-state index contributed by atoms with van der Waals surface area (Å²) in [6.45, 7) is 5.47. The first-order chi connectivity index (χ1) is 16.3. The molecule has 0 saturated carbocycles. The van der Waals surface area contributed by atoms with Gasteiger partial charge in [-0.3, -0.25) is 4.79 Å². The number of anilines is 1. The Morgan fingerprint density at radius 1 is 1.09 bits per heavy atom. The fourth-order valence-electron chi connectivity index (χ4n) is 4.00. The van der Waals surface area contributed by atoms with Gasteiger partial charge in [-0.25, -0.2) is 19.3 Å². The van der Waals surface area contributed by atoms with E-state index in [0.717, 1.165) is 19.9 Å². The molecule has 0 radical (unpaired) electrons. The number of aryl methyl sites for hydroxylation is 3. The van der Waals surface area contributed by atoms with Crippen molar-refractivity contribution in [2.75, 3.05) is 11.9 Å². The second kappa shape index (κ2) is 8.60. The quantitative estimate of drug-likeness (QED) is 0.399. The van der Waals surface area contributed by atoms with Crippen LogP contribution < -0.4 is 10.9 Å². The van der Waals surface area contributed by atoms with E-state index in [0.29, 0.717) is 39.3 Å². The molecule has 4 rings (SSSR count). The van der Waals surface area contributed by atoms with Crippen molar-refractivity contribution in [1.29, 1.82) is 0 Å². The van der Waals surface area contributed by atoms with Gasteiger partial charge in [-0.15, -0.1) is 0 Å². The van der Waals surface area contributed by atoms with Gasteiger partial charge in [0, 0.05) is 19.0 Å².